The van der Waals surface area contributed by atoms with Gasteiger partial charge in [0.15, 0.2) is 0 Å². The Morgan fingerprint density at radius 2 is 2.05 bits per heavy atom. The molecule has 0 spiro atoms. The molecule has 1 aliphatic heterocycles. The Balaban J connectivity index is 1.62. The largest absolute Gasteiger partial charge is 0.389 e. The van der Waals surface area contributed by atoms with Crippen LogP contribution in [0.3, 0.4) is 0 Å². The van der Waals surface area contributed by atoms with E-state index in [1.165, 1.54) is 0 Å². The van der Waals surface area contributed by atoms with Crippen LogP contribution in [-0.4, -0.2) is 56.1 Å². The quantitative estimate of drug-likeness (QED) is 0.797. The van der Waals surface area contributed by atoms with Crippen molar-refractivity contribution in [3.05, 3.63) is 34.9 Å². The highest BCUT2D eigenvalue weighted by atomic mass is 35.5. The molecule has 0 bridgehead atoms. The first kappa shape index (κ1) is 17.7. The zero-order valence-corrected chi connectivity index (χ0v) is 14.0. The van der Waals surface area contributed by atoms with E-state index >= 15 is 0 Å². The predicted octanol–water partition coefficient (Wildman–Crippen LogP) is 2.58. The van der Waals surface area contributed by atoms with Crippen LogP contribution in [0.4, 0.5) is 0 Å². The Morgan fingerprint density at radius 3 is 2.73 bits per heavy atom. The number of aliphatic hydroxyl groups excluding tert-OH is 1. The van der Waals surface area contributed by atoms with Crippen LogP contribution in [0.2, 0.25) is 5.02 Å². The van der Waals surface area contributed by atoms with Gasteiger partial charge in [-0.3, -0.25) is 0 Å². The van der Waals surface area contributed by atoms with Gasteiger partial charge in [0.1, 0.15) is 0 Å². The van der Waals surface area contributed by atoms with E-state index in [2.05, 4.69) is 4.90 Å². The third-order valence-corrected chi connectivity index (χ3v) is 4.47. The first-order valence-electron chi connectivity index (χ1n) is 7.89. The van der Waals surface area contributed by atoms with Crippen LogP contribution in [0.1, 0.15) is 18.4 Å². The molecule has 5 heteroatoms. The van der Waals surface area contributed by atoms with E-state index in [4.69, 9.17) is 21.1 Å². The zero-order valence-electron chi connectivity index (χ0n) is 13.2. The van der Waals surface area contributed by atoms with Crippen molar-refractivity contribution in [1.29, 1.82) is 0 Å². The third-order valence-electron chi connectivity index (χ3n) is 4.10. The smallest absolute Gasteiger partial charge is 0.0900 e. The predicted molar refractivity (Wildman–Crippen MR) is 88.2 cm³/mol. The summed E-state index contributed by atoms with van der Waals surface area (Å²) in [6.45, 7) is 4.33. The van der Waals surface area contributed by atoms with Gasteiger partial charge in [-0.2, -0.15) is 0 Å². The van der Waals surface area contributed by atoms with Gasteiger partial charge in [0.25, 0.3) is 0 Å². The summed E-state index contributed by atoms with van der Waals surface area (Å²) in [6, 6.07) is 7.62. The number of benzene rings is 1. The average Bonchev–Trinajstić information content (AvgIpc) is 2.51. The van der Waals surface area contributed by atoms with Gasteiger partial charge in [-0.1, -0.05) is 29.8 Å². The van der Waals surface area contributed by atoms with Gasteiger partial charge in [-0.05, 0) is 43.5 Å². The lowest BCUT2D eigenvalue weighted by molar-refractivity contribution is 0.00153. The topological polar surface area (TPSA) is 41.9 Å². The van der Waals surface area contributed by atoms with E-state index in [-0.39, 0.29) is 0 Å². The van der Waals surface area contributed by atoms with Crippen LogP contribution in [0.25, 0.3) is 0 Å². The Hall–Kier alpha value is -0.650. The van der Waals surface area contributed by atoms with Gasteiger partial charge < -0.3 is 19.5 Å². The van der Waals surface area contributed by atoms with E-state index in [1.54, 1.807) is 7.11 Å². The molecule has 1 fully saturated rings. The molecule has 0 saturated carbocycles. The number of methoxy groups -OCH3 is 1. The maximum absolute atomic E-state index is 10.1. The molecule has 1 saturated heterocycles. The molecule has 1 atom stereocenters. The van der Waals surface area contributed by atoms with Gasteiger partial charge in [0.2, 0.25) is 0 Å². The first-order valence-corrected chi connectivity index (χ1v) is 8.27. The van der Waals surface area contributed by atoms with Crippen LogP contribution >= 0.6 is 11.6 Å². The molecule has 0 radical (unpaired) electrons. The lowest BCUT2D eigenvalue weighted by atomic mass is 9.97. The second-order valence-electron chi connectivity index (χ2n) is 5.96. The van der Waals surface area contributed by atoms with Gasteiger partial charge >= 0.3 is 0 Å². The number of ether oxygens (including phenoxy) is 2. The summed E-state index contributed by atoms with van der Waals surface area (Å²) in [5, 5.41) is 10.8. The average molecular weight is 328 g/mol. The molecule has 2 rings (SSSR count). The second kappa shape index (κ2) is 9.48. The van der Waals surface area contributed by atoms with Crippen LogP contribution in [0, 0.1) is 5.92 Å². The highest BCUT2D eigenvalue weighted by Gasteiger charge is 2.20. The van der Waals surface area contributed by atoms with Gasteiger partial charge in [-0.25, -0.2) is 0 Å². The van der Waals surface area contributed by atoms with Crippen LogP contribution in [-0.2, 0) is 16.1 Å². The summed E-state index contributed by atoms with van der Waals surface area (Å²) in [6.07, 6.45) is 1.82. The van der Waals surface area contributed by atoms with E-state index in [0.717, 1.165) is 38.1 Å². The van der Waals surface area contributed by atoms with Crippen molar-refractivity contribution >= 4 is 11.6 Å². The molecule has 0 aliphatic carbocycles. The van der Waals surface area contributed by atoms with Gasteiger partial charge in [-0.15, -0.1) is 0 Å². The Labute approximate surface area is 138 Å². The van der Waals surface area contributed by atoms with Crippen molar-refractivity contribution in [3.63, 3.8) is 0 Å². The number of aliphatic hydroxyl groups is 1. The maximum Gasteiger partial charge on any atom is 0.0900 e. The summed E-state index contributed by atoms with van der Waals surface area (Å²) in [7, 11) is 1.76. The van der Waals surface area contributed by atoms with Gasteiger partial charge in [0, 0.05) is 25.3 Å². The SMILES string of the molecule is COCC1CCN(CC(O)COCc2ccccc2Cl)CC1. The fourth-order valence-electron chi connectivity index (χ4n) is 2.84. The van der Waals surface area contributed by atoms with Crippen molar-refractivity contribution in [2.45, 2.75) is 25.6 Å². The molecule has 1 aromatic carbocycles. The molecule has 1 aromatic rings. The normalized spacial score (nSPS) is 18.5. The molecular formula is C17H26ClNO3. The van der Waals surface area contributed by atoms with Crippen LogP contribution < -0.4 is 0 Å². The molecule has 0 aromatic heterocycles. The lowest BCUT2D eigenvalue weighted by Gasteiger charge is -2.32. The highest BCUT2D eigenvalue weighted by Crippen LogP contribution is 2.18. The minimum atomic E-state index is -0.457. The molecular weight excluding hydrogens is 302 g/mol. The maximum atomic E-state index is 10.1. The number of halogens is 1. The van der Waals surface area contributed by atoms with E-state index in [0.29, 0.717) is 30.7 Å². The number of nitrogens with zero attached hydrogens (tertiary/aromatic N) is 1. The lowest BCUT2D eigenvalue weighted by Crippen LogP contribution is -2.40. The summed E-state index contributed by atoms with van der Waals surface area (Å²) >= 11 is 6.07. The van der Waals surface area contributed by atoms with E-state index in [9.17, 15) is 5.11 Å². The summed E-state index contributed by atoms with van der Waals surface area (Å²) in [5.74, 6) is 0.662. The Kier molecular flexibility index (Phi) is 7.63. The minimum Gasteiger partial charge on any atom is -0.389 e. The van der Waals surface area contributed by atoms with E-state index < -0.39 is 6.10 Å². The number of likely N-dealkylation sites (tertiary alicyclic amines) is 1. The standard InChI is InChI=1S/C17H26ClNO3/c1-21-11-14-6-8-19(9-7-14)10-16(20)13-22-12-15-4-2-3-5-17(15)18/h2-5,14,16,20H,6-13H2,1H3. The monoisotopic (exact) mass is 327 g/mol. The molecule has 22 heavy (non-hydrogen) atoms. The number of hydrogen-bond acceptors (Lipinski definition) is 4. The number of hydrogen-bond donors (Lipinski definition) is 1. The molecule has 1 heterocycles. The van der Waals surface area contributed by atoms with Crippen molar-refractivity contribution in [3.8, 4) is 0 Å². The summed E-state index contributed by atoms with van der Waals surface area (Å²) in [4.78, 5) is 2.30. The van der Waals surface area contributed by atoms with Crippen molar-refractivity contribution < 1.29 is 14.6 Å². The fourth-order valence-corrected chi connectivity index (χ4v) is 3.03. The second-order valence-corrected chi connectivity index (χ2v) is 6.37. The summed E-state index contributed by atoms with van der Waals surface area (Å²) < 4.78 is 10.8. The van der Waals surface area contributed by atoms with Crippen molar-refractivity contribution in [2.75, 3.05) is 40.0 Å². The van der Waals surface area contributed by atoms with Crippen molar-refractivity contribution in [1.82, 2.24) is 4.90 Å². The molecule has 0 amide bonds. The Bertz CT molecular complexity index is 436. The zero-order chi connectivity index (χ0) is 15.8. The van der Waals surface area contributed by atoms with Crippen LogP contribution in [0.5, 0.6) is 0 Å². The number of rotatable bonds is 8. The molecule has 1 unspecified atom stereocenters. The van der Waals surface area contributed by atoms with Crippen molar-refractivity contribution in [2.24, 2.45) is 5.92 Å². The first-order chi connectivity index (χ1) is 10.7. The Morgan fingerprint density at radius 1 is 1.32 bits per heavy atom. The highest BCUT2D eigenvalue weighted by molar-refractivity contribution is 6.31. The fraction of sp³-hybridized carbons (Fsp3) is 0.647. The number of β-amino-alcohol motifs (C(OH)–C–C–N with tert-alkyl or cyclic N) is 1. The molecule has 4 nitrogen and oxygen atoms in total. The molecule has 124 valence electrons. The van der Waals surface area contributed by atoms with Crippen LogP contribution in [0.15, 0.2) is 24.3 Å². The molecule has 1 N–H and O–H groups in total. The molecule has 1 aliphatic rings. The minimum absolute atomic E-state index is 0.337. The summed E-state index contributed by atoms with van der Waals surface area (Å²) in [5.41, 5.74) is 0.955. The van der Waals surface area contributed by atoms with Gasteiger partial charge in [0.05, 0.1) is 19.3 Å². The number of piperidine rings is 1. The third kappa shape index (κ3) is 5.86. The van der Waals surface area contributed by atoms with E-state index in [1.807, 2.05) is 24.3 Å².